The largest absolute Gasteiger partial charge is 0.402 e. The summed E-state index contributed by atoms with van der Waals surface area (Å²) in [4.78, 5) is 10.3. The third kappa shape index (κ3) is 5.15. The van der Waals surface area contributed by atoms with Crippen LogP contribution in [0.3, 0.4) is 0 Å². The molecule has 0 unspecified atom stereocenters. The number of allylic oxidation sites excluding steroid dienone is 1. The van der Waals surface area contributed by atoms with Crippen molar-refractivity contribution in [1.82, 2.24) is 0 Å². The van der Waals surface area contributed by atoms with Gasteiger partial charge in [0, 0.05) is 11.8 Å². The topological polar surface area (TPSA) is 69.1 Å². The molecule has 0 saturated carbocycles. The highest BCUT2D eigenvalue weighted by molar-refractivity contribution is 5.86. The van der Waals surface area contributed by atoms with E-state index < -0.39 is 5.91 Å². The van der Waals surface area contributed by atoms with Gasteiger partial charge < -0.3 is 11.5 Å². The molecule has 3 heteroatoms. The van der Waals surface area contributed by atoms with Crippen molar-refractivity contribution in [3.05, 3.63) is 11.8 Å². The highest BCUT2D eigenvalue weighted by Crippen LogP contribution is 2.04. The van der Waals surface area contributed by atoms with Crippen molar-refractivity contribution in [2.75, 3.05) is 0 Å². The number of amides is 1. The van der Waals surface area contributed by atoms with Gasteiger partial charge >= 0.3 is 0 Å². The van der Waals surface area contributed by atoms with E-state index >= 15 is 0 Å². The first-order valence-electron chi connectivity index (χ1n) is 3.28. The molecule has 10 heavy (non-hydrogen) atoms. The van der Waals surface area contributed by atoms with Crippen molar-refractivity contribution in [2.24, 2.45) is 17.4 Å². The van der Waals surface area contributed by atoms with E-state index in [-0.39, 0.29) is 0 Å². The van der Waals surface area contributed by atoms with Crippen LogP contribution >= 0.6 is 0 Å². The van der Waals surface area contributed by atoms with Crippen LogP contribution in [0.5, 0.6) is 0 Å². The molecule has 0 aromatic heterocycles. The summed E-state index contributed by atoms with van der Waals surface area (Å²) >= 11 is 0. The van der Waals surface area contributed by atoms with E-state index in [0.717, 1.165) is 6.42 Å². The van der Waals surface area contributed by atoms with Gasteiger partial charge in [-0.15, -0.1) is 0 Å². The molecule has 0 fully saturated rings. The first kappa shape index (κ1) is 9.01. The van der Waals surface area contributed by atoms with Crippen LogP contribution in [0.2, 0.25) is 0 Å². The van der Waals surface area contributed by atoms with Gasteiger partial charge in [-0.05, 0) is 12.3 Å². The number of hydrogen-bond donors (Lipinski definition) is 2. The predicted octanol–water partition coefficient (Wildman–Crippen LogP) is 0.360. The summed E-state index contributed by atoms with van der Waals surface area (Å²) in [7, 11) is 0. The standard InChI is InChI=1S/C7H14N2O/c1-5(2)3-6(8)4-7(9)10/h4-5H,3,8H2,1-2H3,(H2,9,10). The predicted molar refractivity (Wildman–Crippen MR) is 40.9 cm³/mol. The van der Waals surface area contributed by atoms with Gasteiger partial charge in [0.1, 0.15) is 0 Å². The molecule has 0 aromatic rings. The molecule has 0 aliphatic carbocycles. The molecule has 58 valence electrons. The quantitative estimate of drug-likeness (QED) is 0.558. The van der Waals surface area contributed by atoms with Crippen LogP contribution in [0.15, 0.2) is 11.8 Å². The lowest BCUT2D eigenvalue weighted by atomic mass is 10.1. The van der Waals surface area contributed by atoms with E-state index in [9.17, 15) is 4.79 Å². The lowest BCUT2D eigenvalue weighted by Crippen LogP contribution is -2.11. The molecule has 0 aromatic carbocycles. The summed E-state index contributed by atoms with van der Waals surface area (Å²) in [6.07, 6.45) is 1.99. The zero-order valence-electron chi connectivity index (χ0n) is 6.42. The number of nitrogens with two attached hydrogens (primary N) is 2. The third-order valence-corrected chi connectivity index (χ3v) is 0.972. The van der Waals surface area contributed by atoms with E-state index in [1.165, 1.54) is 6.08 Å². The normalized spacial score (nSPS) is 12.1. The fourth-order valence-corrected chi connectivity index (χ4v) is 0.713. The maximum atomic E-state index is 10.3. The molecule has 0 heterocycles. The van der Waals surface area contributed by atoms with Gasteiger partial charge in [0.15, 0.2) is 0 Å². The zero-order chi connectivity index (χ0) is 8.15. The second kappa shape index (κ2) is 3.93. The molecule has 3 nitrogen and oxygen atoms in total. The Morgan fingerprint density at radius 1 is 1.50 bits per heavy atom. The summed E-state index contributed by atoms with van der Waals surface area (Å²) in [5, 5.41) is 0. The number of primary amides is 1. The monoisotopic (exact) mass is 142 g/mol. The fourth-order valence-electron chi connectivity index (χ4n) is 0.713. The Balaban J connectivity index is 3.83. The zero-order valence-corrected chi connectivity index (χ0v) is 6.42. The van der Waals surface area contributed by atoms with E-state index in [1.807, 2.05) is 13.8 Å². The Bertz CT molecular complexity index is 150. The molecule has 0 atom stereocenters. The van der Waals surface area contributed by atoms with Gasteiger partial charge in [0.2, 0.25) is 5.91 Å². The summed E-state index contributed by atoms with van der Waals surface area (Å²) in [6, 6.07) is 0. The maximum Gasteiger partial charge on any atom is 0.243 e. The van der Waals surface area contributed by atoms with Gasteiger partial charge in [-0.1, -0.05) is 13.8 Å². The first-order valence-corrected chi connectivity index (χ1v) is 3.28. The van der Waals surface area contributed by atoms with Crippen molar-refractivity contribution >= 4 is 5.91 Å². The molecule has 4 N–H and O–H groups in total. The minimum atomic E-state index is -0.474. The highest BCUT2D eigenvalue weighted by atomic mass is 16.1. The lowest BCUT2D eigenvalue weighted by Gasteiger charge is -2.02. The van der Waals surface area contributed by atoms with Crippen LogP contribution in [-0.4, -0.2) is 5.91 Å². The van der Waals surface area contributed by atoms with Crippen LogP contribution in [0.4, 0.5) is 0 Å². The lowest BCUT2D eigenvalue weighted by molar-refractivity contribution is -0.113. The molecule has 0 bridgehead atoms. The van der Waals surface area contributed by atoms with Crippen LogP contribution < -0.4 is 11.5 Å². The Kier molecular flexibility index (Phi) is 3.54. The van der Waals surface area contributed by atoms with E-state index in [0.29, 0.717) is 11.6 Å². The molecule has 0 aliphatic rings. The number of rotatable bonds is 3. The molecule has 0 saturated heterocycles. The molecule has 0 spiro atoms. The third-order valence-electron chi connectivity index (χ3n) is 0.972. The second-order valence-electron chi connectivity index (χ2n) is 2.72. The summed E-state index contributed by atoms with van der Waals surface area (Å²) in [5.41, 5.74) is 10.9. The van der Waals surface area contributed by atoms with Crippen molar-refractivity contribution < 1.29 is 4.79 Å². The van der Waals surface area contributed by atoms with Crippen molar-refractivity contribution in [3.63, 3.8) is 0 Å². The minimum Gasteiger partial charge on any atom is -0.402 e. The average molecular weight is 142 g/mol. The van der Waals surface area contributed by atoms with Gasteiger partial charge in [-0.25, -0.2) is 0 Å². The average Bonchev–Trinajstić information content (AvgIpc) is 1.58. The van der Waals surface area contributed by atoms with E-state index in [1.54, 1.807) is 0 Å². The van der Waals surface area contributed by atoms with Gasteiger partial charge in [0.25, 0.3) is 0 Å². The summed E-state index contributed by atoms with van der Waals surface area (Å²) in [5.74, 6) is -0.00579. The number of carbonyl (C=O) groups is 1. The van der Waals surface area contributed by atoms with Gasteiger partial charge in [0.05, 0.1) is 0 Å². The second-order valence-corrected chi connectivity index (χ2v) is 2.72. The fraction of sp³-hybridized carbons (Fsp3) is 0.571. The molecular weight excluding hydrogens is 128 g/mol. The van der Waals surface area contributed by atoms with Crippen LogP contribution in [0.1, 0.15) is 20.3 Å². The van der Waals surface area contributed by atoms with E-state index in [4.69, 9.17) is 11.5 Å². The van der Waals surface area contributed by atoms with Crippen LogP contribution in [0.25, 0.3) is 0 Å². The number of carbonyl (C=O) groups excluding carboxylic acids is 1. The van der Waals surface area contributed by atoms with Gasteiger partial charge in [-0.3, -0.25) is 4.79 Å². The molecule has 0 radical (unpaired) electrons. The Hall–Kier alpha value is -0.990. The molecule has 0 rings (SSSR count). The molecular formula is C7H14N2O. The smallest absolute Gasteiger partial charge is 0.243 e. The SMILES string of the molecule is CC(C)CC(N)=CC(N)=O. The van der Waals surface area contributed by atoms with Crippen molar-refractivity contribution in [2.45, 2.75) is 20.3 Å². The van der Waals surface area contributed by atoms with Crippen molar-refractivity contribution in [3.8, 4) is 0 Å². The summed E-state index contributed by atoms with van der Waals surface area (Å²) < 4.78 is 0. The maximum absolute atomic E-state index is 10.3. The van der Waals surface area contributed by atoms with E-state index in [2.05, 4.69) is 0 Å². The Labute approximate surface area is 61.1 Å². The highest BCUT2D eigenvalue weighted by Gasteiger charge is 1.96. The minimum absolute atomic E-state index is 0.468. The van der Waals surface area contributed by atoms with Gasteiger partial charge in [-0.2, -0.15) is 0 Å². The molecule has 1 amide bonds. The van der Waals surface area contributed by atoms with Crippen LogP contribution in [-0.2, 0) is 4.79 Å². The summed E-state index contributed by atoms with van der Waals surface area (Å²) in [6.45, 7) is 4.06. The Morgan fingerprint density at radius 2 is 2.00 bits per heavy atom. The number of hydrogen-bond acceptors (Lipinski definition) is 2. The van der Waals surface area contributed by atoms with Crippen LogP contribution in [0, 0.1) is 5.92 Å². The first-order chi connectivity index (χ1) is 4.52. The molecule has 0 aliphatic heterocycles. The Morgan fingerprint density at radius 3 is 2.30 bits per heavy atom. The van der Waals surface area contributed by atoms with Crippen molar-refractivity contribution in [1.29, 1.82) is 0 Å².